The zero-order chi connectivity index (χ0) is 9.68. The third-order valence-electron chi connectivity index (χ3n) is 1.31. The van der Waals surface area contributed by atoms with Gasteiger partial charge in [-0.1, -0.05) is 5.92 Å². The summed E-state index contributed by atoms with van der Waals surface area (Å²) < 4.78 is 0. The van der Waals surface area contributed by atoms with Crippen LogP contribution in [0.3, 0.4) is 0 Å². The Morgan fingerprint density at radius 1 is 1.46 bits per heavy atom. The molecule has 0 saturated carbocycles. The molecule has 0 aromatic carbocycles. The molecule has 0 fully saturated rings. The van der Waals surface area contributed by atoms with Crippen molar-refractivity contribution in [2.45, 2.75) is 0 Å². The predicted octanol–water partition coefficient (Wildman–Crippen LogP) is -0.788. The van der Waals surface area contributed by atoms with E-state index in [2.05, 4.69) is 27.1 Å². The summed E-state index contributed by atoms with van der Waals surface area (Å²) in [5.41, 5.74) is 11.4. The average molecular weight is 177 g/mol. The molecule has 0 amide bonds. The first-order valence-corrected chi connectivity index (χ1v) is 3.75. The summed E-state index contributed by atoms with van der Waals surface area (Å²) in [6.07, 6.45) is 1.49. The Morgan fingerprint density at radius 3 is 2.85 bits per heavy atom. The average Bonchev–Trinajstić information content (AvgIpc) is 2.12. The number of hydrogen-bond donors (Lipinski definition) is 3. The molecule has 1 heterocycles. The highest BCUT2D eigenvalue weighted by molar-refractivity contribution is 5.53. The number of nitrogens with two attached hydrogens (primary N) is 2. The van der Waals surface area contributed by atoms with E-state index >= 15 is 0 Å². The topological polar surface area (TPSA) is 89.8 Å². The molecular weight excluding hydrogens is 166 g/mol. The first-order chi connectivity index (χ1) is 6.24. The molecule has 0 spiro atoms. The highest BCUT2D eigenvalue weighted by atomic mass is 15.0. The molecule has 0 atom stereocenters. The van der Waals surface area contributed by atoms with Crippen molar-refractivity contribution < 1.29 is 0 Å². The Labute approximate surface area is 76.6 Å². The van der Waals surface area contributed by atoms with E-state index in [0.717, 1.165) is 0 Å². The number of nitrogens with zero attached hydrogens (tertiary/aromatic N) is 2. The minimum absolute atomic E-state index is 0.219. The molecule has 0 aliphatic rings. The molecule has 0 radical (unpaired) electrons. The van der Waals surface area contributed by atoms with Crippen molar-refractivity contribution >= 4 is 11.6 Å². The quantitative estimate of drug-likeness (QED) is 0.489. The first-order valence-electron chi connectivity index (χ1n) is 3.75. The van der Waals surface area contributed by atoms with E-state index in [9.17, 15) is 0 Å². The highest BCUT2D eigenvalue weighted by Crippen LogP contribution is 2.05. The Kier molecular flexibility index (Phi) is 3.06. The summed E-state index contributed by atoms with van der Waals surface area (Å²) >= 11 is 0. The molecule has 1 aromatic rings. The van der Waals surface area contributed by atoms with E-state index in [1.165, 1.54) is 6.20 Å². The van der Waals surface area contributed by atoms with Crippen LogP contribution in [0.5, 0.6) is 0 Å². The van der Waals surface area contributed by atoms with Gasteiger partial charge in [-0.15, -0.1) is 0 Å². The van der Waals surface area contributed by atoms with Crippen LogP contribution in [0.15, 0.2) is 6.20 Å². The van der Waals surface area contributed by atoms with Gasteiger partial charge in [0, 0.05) is 0 Å². The molecule has 0 unspecified atom stereocenters. The van der Waals surface area contributed by atoms with E-state index in [1.807, 2.05) is 7.05 Å². The summed E-state index contributed by atoms with van der Waals surface area (Å²) in [6, 6.07) is 0. The molecule has 0 bridgehead atoms. The number of nitrogens with one attached hydrogen (secondary N) is 1. The Morgan fingerprint density at radius 2 is 2.23 bits per heavy atom. The largest absolute Gasteiger partial charge is 0.381 e. The highest BCUT2D eigenvalue weighted by Gasteiger charge is 1.96. The predicted molar refractivity (Wildman–Crippen MR) is 51.7 cm³/mol. The van der Waals surface area contributed by atoms with Crippen molar-refractivity contribution in [3.63, 3.8) is 0 Å². The maximum absolute atomic E-state index is 5.44. The van der Waals surface area contributed by atoms with Gasteiger partial charge in [0.2, 0.25) is 0 Å². The zero-order valence-corrected chi connectivity index (χ0v) is 7.33. The molecule has 5 N–H and O–H groups in total. The molecule has 0 aliphatic heterocycles. The maximum atomic E-state index is 5.44. The van der Waals surface area contributed by atoms with Crippen molar-refractivity contribution in [1.29, 1.82) is 0 Å². The van der Waals surface area contributed by atoms with E-state index in [0.29, 0.717) is 12.2 Å². The van der Waals surface area contributed by atoms with E-state index < -0.39 is 0 Å². The van der Waals surface area contributed by atoms with Gasteiger partial charge >= 0.3 is 0 Å². The standard InChI is InChI=1S/C8H11N5/c1-11-4-2-3-6-5-12-7(9)8(10)13-6/h5,11H,4H2,1H3,(H2,9,12)(H2,10,13). The van der Waals surface area contributed by atoms with Gasteiger partial charge in [0.15, 0.2) is 11.6 Å². The van der Waals surface area contributed by atoms with Gasteiger partial charge in [-0.05, 0) is 13.0 Å². The maximum Gasteiger partial charge on any atom is 0.167 e. The van der Waals surface area contributed by atoms with Crippen molar-refractivity contribution in [2.75, 3.05) is 25.1 Å². The van der Waals surface area contributed by atoms with Gasteiger partial charge in [-0.3, -0.25) is 0 Å². The van der Waals surface area contributed by atoms with Crippen LogP contribution in [0, 0.1) is 11.8 Å². The molecule has 0 saturated heterocycles. The zero-order valence-electron chi connectivity index (χ0n) is 7.33. The van der Waals surface area contributed by atoms with Crippen LogP contribution < -0.4 is 16.8 Å². The van der Waals surface area contributed by atoms with Gasteiger partial charge in [0.25, 0.3) is 0 Å². The summed E-state index contributed by atoms with van der Waals surface area (Å²) in [4.78, 5) is 7.76. The van der Waals surface area contributed by atoms with E-state index in [1.54, 1.807) is 0 Å². The van der Waals surface area contributed by atoms with Gasteiger partial charge in [-0.25, -0.2) is 9.97 Å². The fraction of sp³-hybridized carbons (Fsp3) is 0.250. The number of anilines is 2. The summed E-state index contributed by atoms with van der Waals surface area (Å²) in [5, 5.41) is 2.89. The second-order valence-corrected chi connectivity index (χ2v) is 2.36. The van der Waals surface area contributed by atoms with Gasteiger partial charge in [0.05, 0.1) is 12.7 Å². The van der Waals surface area contributed by atoms with Crippen LogP contribution in [0.2, 0.25) is 0 Å². The third-order valence-corrected chi connectivity index (χ3v) is 1.31. The molecular formula is C8H11N5. The van der Waals surface area contributed by atoms with Crippen LogP contribution in [0.25, 0.3) is 0 Å². The third kappa shape index (κ3) is 2.61. The molecule has 0 aliphatic carbocycles. The molecule has 1 rings (SSSR count). The molecule has 68 valence electrons. The van der Waals surface area contributed by atoms with Crippen LogP contribution in [-0.2, 0) is 0 Å². The van der Waals surface area contributed by atoms with E-state index in [4.69, 9.17) is 11.5 Å². The van der Waals surface area contributed by atoms with Gasteiger partial charge in [0.1, 0.15) is 5.69 Å². The SMILES string of the molecule is CNCC#Cc1cnc(N)c(N)n1. The monoisotopic (exact) mass is 177 g/mol. The Balaban J connectivity index is 2.81. The van der Waals surface area contributed by atoms with Crippen LogP contribution in [0.4, 0.5) is 11.6 Å². The Hall–Kier alpha value is -1.80. The number of nitrogen functional groups attached to an aromatic ring is 2. The summed E-state index contributed by atoms with van der Waals surface area (Å²) in [6.45, 7) is 0.603. The molecule has 13 heavy (non-hydrogen) atoms. The lowest BCUT2D eigenvalue weighted by molar-refractivity contribution is 0.938. The van der Waals surface area contributed by atoms with Crippen LogP contribution >= 0.6 is 0 Å². The first kappa shape index (κ1) is 9.29. The number of aromatic nitrogens is 2. The second-order valence-electron chi connectivity index (χ2n) is 2.36. The van der Waals surface area contributed by atoms with Crippen LogP contribution in [0.1, 0.15) is 5.69 Å². The minimum atomic E-state index is 0.219. The lowest BCUT2D eigenvalue weighted by Crippen LogP contribution is -2.05. The summed E-state index contributed by atoms with van der Waals surface area (Å²) in [7, 11) is 1.82. The van der Waals surface area contributed by atoms with Crippen molar-refractivity contribution in [2.24, 2.45) is 0 Å². The molecule has 5 nitrogen and oxygen atoms in total. The number of hydrogen-bond acceptors (Lipinski definition) is 5. The lowest BCUT2D eigenvalue weighted by Gasteiger charge is -1.96. The normalized spacial score (nSPS) is 9.00. The Bertz CT molecular complexity index is 349. The summed E-state index contributed by atoms with van der Waals surface area (Å²) in [5.74, 6) is 6.08. The van der Waals surface area contributed by atoms with Crippen molar-refractivity contribution in [1.82, 2.24) is 15.3 Å². The fourth-order valence-electron chi connectivity index (χ4n) is 0.696. The molecule has 1 aromatic heterocycles. The van der Waals surface area contributed by atoms with E-state index in [-0.39, 0.29) is 11.6 Å². The second kappa shape index (κ2) is 4.28. The lowest BCUT2D eigenvalue weighted by atomic mass is 10.4. The smallest absolute Gasteiger partial charge is 0.167 e. The molecule has 5 heteroatoms. The van der Waals surface area contributed by atoms with Crippen molar-refractivity contribution in [3.05, 3.63) is 11.9 Å². The van der Waals surface area contributed by atoms with Gasteiger partial charge < -0.3 is 16.8 Å². The van der Waals surface area contributed by atoms with Crippen molar-refractivity contribution in [3.8, 4) is 11.8 Å². The number of rotatable bonds is 1. The minimum Gasteiger partial charge on any atom is -0.381 e. The van der Waals surface area contributed by atoms with Gasteiger partial charge in [-0.2, -0.15) is 0 Å². The fourth-order valence-corrected chi connectivity index (χ4v) is 0.696. The van der Waals surface area contributed by atoms with Crippen LogP contribution in [-0.4, -0.2) is 23.6 Å².